The quantitative estimate of drug-likeness (QED) is 0.430. The lowest BCUT2D eigenvalue weighted by molar-refractivity contribution is -0.384. The third-order valence-corrected chi connectivity index (χ3v) is 3.14. The molecule has 0 unspecified atom stereocenters. The van der Waals surface area contributed by atoms with Crippen LogP contribution < -0.4 is 5.32 Å². The van der Waals surface area contributed by atoms with E-state index in [4.69, 9.17) is 5.11 Å². The fraction of sp³-hybridized carbons (Fsp3) is 0.417. The molecule has 8 nitrogen and oxygen atoms in total. The Morgan fingerprint density at radius 3 is 2.40 bits per heavy atom. The van der Waals surface area contributed by atoms with Gasteiger partial charge in [-0.2, -0.15) is 0 Å². The molecule has 1 aromatic carbocycles. The molecule has 1 aromatic rings. The van der Waals surface area contributed by atoms with Crippen molar-refractivity contribution in [3.05, 3.63) is 33.9 Å². The zero-order chi connectivity index (χ0) is 15.3. The Kier molecular flexibility index (Phi) is 5.00. The van der Waals surface area contributed by atoms with Gasteiger partial charge in [-0.1, -0.05) is 13.0 Å². The van der Waals surface area contributed by atoms with Crippen molar-refractivity contribution in [2.75, 3.05) is 18.5 Å². The van der Waals surface area contributed by atoms with E-state index >= 15 is 0 Å². The monoisotopic (exact) mass is 284 g/mol. The number of nitrogens with zero attached hydrogens (tertiary/aromatic N) is 1. The summed E-state index contributed by atoms with van der Waals surface area (Å²) in [6.07, 6.45) is 0.255. The lowest BCUT2D eigenvalue weighted by Crippen LogP contribution is -2.45. The van der Waals surface area contributed by atoms with Crippen LogP contribution in [0.15, 0.2) is 18.2 Å². The number of anilines is 1. The van der Waals surface area contributed by atoms with E-state index in [0.29, 0.717) is 0 Å². The third-order valence-electron chi connectivity index (χ3n) is 3.14. The number of para-hydroxylation sites is 1. The SMILES string of the molecule is CCC(CO)(CO)Nc1c(C(=O)O)cccc1[N+](=O)[O-]. The van der Waals surface area contributed by atoms with Crippen molar-refractivity contribution in [1.29, 1.82) is 0 Å². The van der Waals surface area contributed by atoms with Gasteiger partial charge in [0.15, 0.2) is 0 Å². The molecule has 1 rings (SSSR count). The van der Waals surface area contributed by atoms with Gasteiger partial charge in [-0.3, -0.25) is 10.1 Å². The molecular formula is C12H16N2O6. The fourth-order valence-electron chi connectivity index (χ4n) is 1.71. The minimum atomic E-state index is -1.34. The van der Waals surface area contributed by atoms with E-state index in [-0.39, 0.29) is 17.7 Å². The molecule has 110 valence electrons. The molecule has 0 amide bonds. The average Bonchev–Trinajstić information content (AvgIpc) is 2.44. The lowest BCUT2D eigenvalue weighted by Gasteiger charge is -2.31. The van der Waals surface area contributed by atoms with Gasteiger partial charge in [0.05, 0.1) is 29.2 Å². The van der Waals surface area contributed by atoms with Crippen LogP contribution in [0.2, 0.25) is 0 Å². The topological polar surface area (TPSA) is 133 Å². The van der Waals surface area contributed by atoms with E-state index in [9.17, 15) is 25.1 Å². The standard InChI is InChI=1S/C12H16N2O6/c1-2-12(6-15,7-16)13-10-8(11(17)18)4-3-5-9(10)14(19)20/h3-5,13,15-16H,2,6-7H2,1H3,(H,17,18). The number of carbonyl (C=O) groups is 1. The molecule has 0 aliphatic carbocycles. The number of aliphatic hydroxyl groups is 2. The van der Waals surface area contributed by atoms with E-state index in [0.717, 1.165) is 6.07 Å². The maximum atomic E-state index is 11.2. The highest BCUT2D eigenvalue weighted by Crippen LogP contribution is 2.31. The van der Waals surface area contributed by atoms with Gasteiger partial charge in [-0.15, -0.1) is 0 Å². The third kappa shape index (κ3) is 3.03. The summed E-state index contributed by atoms with van der Waals surface area (Å²) in [5.41, 5.74) is -2.17. The van der Waals surface area contributed by atoms with Crippen molar-refractivity contribution in [1.82, 2.24) is 0 Å². The molecule has 4 N–H and O–H groups in total. The Morgan fingerprint density at radius 2 is 2.00 bits per heavy atom. The number of hydrogen-bond donors (Lipinski definition) is 4. The van der Waals surface area contributed by atoms with Crippen molar-refractivity contribution >= 4 is 17.3 Å². The smallest absolute Gasteiger partial charge is 0.338 e. The van der Waals surface area contributed by atoms with Gasteiger partial charge in [-0.25, -0.2) is 4.79 Å². The first-order valence-electron chi connectivity index (χ1n) is 5.91. The molecular weight excluding hydrogens is 268 g/mol. The average molecular weight is 284 g/mol. The predicted molar refractivity (Wildman–Crippen MR) is 70.9 cm³/mol. The first-order valence-corrected chi connectivity index (χ1v) is 5.91. The Morgan fingerprint density at radius 1 is 1.40 bits per heavy atom. The Balaban J connectivity index is 3.40. The van der Waals surface area contributed by atoms with Gasteiger partial charge in [0, 0.05) is 6.07 Å². The van der Waals surface area contributed by atoms with Gasteiger partial charge in [0.25, 0.3) is 5.69 Å². The summed E-state index contributed by atoms with van der Waals surface area (Å²) in [6, 6.07) is 3.63. The molecule has 0 saturated heterocycles. The highest BCUT2D eigenvalue weighted by molar-refractivity contribution is 5.97. The molecule has 0 bridgehead atoms. The first-order chi connectivity index (χ1) is 9.40. The van der Waals surface area contributed by atoms with Gasteiger partial charge in [0.2, 0.25) is 0 Å². The summed E-state index contributed by atoms with van der Waals surface area (Å²) in [6.45, 7) is 0.671. The van der Waals surface area contributed by atoms with E-state index in [2.05, 4.69) is 5.32 Å². The number of aliphatic hydroxyl groups excluding tert-OH is 2. The number of carboxylic acid groups (broad SMARTS) is 1. The van der Waals surface area contributed by atoms with E-state index in [1.165, 1.54) is 12.1 Å². The van der Waals surface area contributed by atoms with Crippen molar-refractivity contribution in [3.8, 4) is 0 Å². The Hall–Kier alpha value is -2.19. The molecule has 0 atom stereocenters. The van der Waals surface area contributed by atoms with Crippen LogP contribution in [-0.2, 0) is 0 Å². The highest BCUT2D eigenvalue weighted by atomic mass is 16.6. The first kappa shape index (κ1) is 15.9. The number of nitrogens with one attached hydrogen (secondary N) is 1. The molecule has 0 aromatic heterocycles. The Labute approximate surface area is 114 Å². The largest absolute Gasteiger partial charge is 0.478 e. The predicted octanol–water partition coefficient (Wildman–Crippen LogP) is 0.838. The molecule has 0 aliphatic rings. The van der Waals surface area contributed by atoms with Crippen molar-refractivity contribution in [3.63, 3.8) is 0 Å². The lowest BCUT2D eigenvalue weighted by atomic mass is 9.96. The highest BCUT2D eigenvalue weighted by Gasteiger charge is 2.31. The second kappa shape index (κ2) is 6.31. The van der Waals surface area contributed by atoms with Crippen LogP contribution in [0.3, 0.4) is 0 Å². The summed E-state index contributed by atoms with van der Waals surface area (Å²) < 4.78 is 0. The maximum absolute atomic E-state index is 11.2. The van der Waals surface area contributed by atoms with Gasteiger partial charge in [-0.05, 0) is 12.5 Å². The number of aromatic carboxylic acids is 1. The molecule has 8 heteroatoms. The number of carboxylic acids is 1. The van der Waals surface area contributed by atoms with Crippen LogP contribution >= 0.6 is 0 Å². The van der Waals surface area contributed by atoms with Crippen LogP contribution in [0, 0.1) is 10.1 Å². The summed E-state index contributed by atoms with van der Waals surface area (Å²) in [5.74, 6) is -1.34. The van der Waals surface area contributed by atoms with Crippen LogP contribution in [0.1, 0.15) is 23.7 Å². The number of nitro groups is 1. The molecule has 0 spiro atoms. The van der Waals surface area contributed by atoms with Gasteiger partial charge < -0.3 is 20.6 Å². The van der Waals surface area contributed by atoms with Crippen LogP contribution in [-0.4, -0.2) is 45.0 Å². The Bertz CT molecular complexity index is 472. The van der Waals surface area contributed by atoms with E-state index in [1.807, 2.05) is 0 Å². The summed E-state index contributed by atoms with van der Waals surface area (Å²) in [7, 11) is 0. The second-order valence-corrected chi connectivity index (χ2v) is 4.34. The molecule has 0 fully saturated rings. The summed E-state index contributed by atoms with van der Waals surface area (Å²) in [5, 5.41) is 41.4. The molecule has 0 aliphatic heterocycles. The number of rotatable bonds is 7. The van der Waals surface area contributed by atoms with E-state index in [1.54, 1.807) is 6.92 Å². The summed E-state index contributed by atoms with van der Waals surface area (Å²) >= 11 is 0. The fourth-order valence-corrected chi connectivity index (χ4v) is 1.71. The number of nitro benzene ring substituents is 1. The number of benzene rings is 1. The zero-order valence-electron chi connectivity index (χ0n) is 10.9. The van der Waals surface area contributed by atoms with Crippen LogP contribution in [0.5, 0.6) is 0 Å². The molecule has 20 heavy (non-hydrogen) atoms. The molecule has 0 radical (unpaired) electrons. The summed E-state index contributed by atoms with van der Waals surface area (Å²) in [4.78, 5) is 21.4. The zero-order valence-corrected chi connectivity index (χ0v) is 10.9. The molecule has 0 saturated carbocycles. The van der Waals surface area contributed by atoms with Crippen molar-refractivity contribution in [2.24, 2.45) is 0 Å². The minimum absolute atomic E-state index is 0.227. The molecule has 0 heterocycles. The second-order valence-electron chi connectivity index (χ2n) is 4.34. The van der Waals surface area contributed by atoms with Crippen molar-refractivity contribution in [2.45, 2.75) is 18.9 Å². The van der Waals surface area contributed by atoms with Gasteiger partial charge in [0.1, 0.15) is 5.69 Å². The minimum Gasteiger partial charge on any atom is -0.478 e. The maximum Gasteiger partial charge on any atom is 0.338 e. The van der Waals surface area contributed by atoms with Crippen LogP contribution in [0.4, 0.5) is 11.4 Å². The van der Waals surface area contributed by atoms with E-state index < -0.39 is 35.3 Å². The van der Waals surface area contributed by atoms with Crippen molar-refractivity contribution < 1.29 is 25.0 Å². The normalized spacial score (nSPS) is 11.2. The van der Waals surface area contributed by atoms with Gasteiger partial charge >= 0.3 is 5.97 Å². The van der Waals surface area contributed by atoms with Crippen LogP contribution in [0.25, 0.3) is 0 Å². The number of hydrogen-bond acceptors (Lipinski definition) is 6.